The molecule has 0 bridgehead atoms. The minimum Gasteiger partial charge on any atom is -0.493 e. The largest absolute Gasteiger partial charge is 0.493 e. The monoisotopic (exact) mass is 279 g/mol. The maximum absolute atomic E-state index is 12.1. The number of aliphatic hydroxyl groups is 1. The molecule has 0 spiro atoms. The molecule has 0 saturated heterocycles. The van der Waals surface area contributed by atoms with E-state index < -0.39 is 12.1 Å². The summed E-state index contributed by atoms with van der Waals surface area (Å²) in [6, 6.07) is 7.37. The quantitative estimate of drug-likeness (QED) is 0.729. The zero-order valence-corrected chi connectivity index (χ0v) is 10.9. The highest BCUT2D eigenvalue weighted by Gasteiger charge is 2.27. The Hall–Kier alpha value is -2.08. The highest BCUT2D eigenvalue weighted by atomic mass is 16.5. The number of carboxylic acid groups (broad SMARTS) is 1. The third kappa shape index (κ3) is 3.27. The van der Waals surface area contributed by atoms with Gasteiger partial charge in [0.2, 0.25) is 5.91 Å². The van der Waals surface area contributed by atoms with Crippen LogP contribution in [0.25, 0.3) is 0 Å². The fourth-order valence-electron chi connectivity index (χ4n) is 2.19. The first-order chi connectivity index (χ1) is 9.59. The average Bonchev–Trinajstić information content (AvgIpc) is 2.46. The number of aliphatic carboxylic acids is 1. The topological polar surface area (TPSA) is 95.9 Å². The number of carboxylic acids is 1. The van der Waals surface area contributed by atoms with Crippen molar-refractivity contribution in [2.45, 2.75) is 24.9 Å². The van der Waals surface area contributed by atoms with Crippen LogP contribution >= 0.6 is 0 Å². The van der Waals surface area contributed by atoms with Gasteiger partial charge in [-0.05, 0) is 12.5 Å². The fraction of sp³-hybridized carbons (Fsp3) is 0.429. The first kappa shape index (κ1) is 14.3. The van der Waals surface area contributed by atoms with E-state index in [1.165, 1.54) is 0 Å². The Labute approximate surface area is 116 Å². The van der Waals surface area contributed by atoms with Gasteiger partial charge in [-0.2, -0.15) is 0 Å². The number of rotatable bonds is 5. The molecule has 1 aromatic carbocycles. The van der Waals surface area contributed by atoms with E-state index >= 15 is 0 Å². The van der Waals surface area contributed by atoms with Crippen molar-refractivity contribution in [1.82, 2.24) is 5.32 Å². The lowest BCUT2D eigenvalue weighted by molar-refractivity contribution is -0.147. The average molecular weight is 279 g/mol. The Bertz CT molecular complexity index is 502. The standard InChI is InChI=1S/C14H17NO5/c16-11(14(18)19)5-7-15-13(17)10-6-8-20-12-4-2-1-3-9(10)12/h1-4,10-11,16H,5-8H2,(H,15,17)(H,18,19)/t10?,11-/m0/s1. The molecule has 2 atom stereocenters. The van der Waals surface area contributed by atoms with Gasteiger partial charge in [-0.1, -0.05) is 18.2 Å². The van der Waals surface area contributed by atoms with Crippen LogP contribution in [0.15, 0.2) is 24.3 Å². The zero-order chi connectivity index (χ0) is 14.5. The van der Waals surface area contributed by atoms with Gasteiger partial charge in [0.15, 0.2) is 6.10 Å². The van der Waals surface area contributed by atoms with Crippen LogP contribution < -0.4 is 10.1 Å². The summed E-state index contributed by atoms with van der Waals surface area (Å²) in [6.45, 7) is 0.610. The lowest BCUT2D eigenvalue weighted by Crippen LogP contribution is -2.35. The van der Waals surface area contributed by atoms with Crippen molar-refractivity contribution >= 4 is 11.9 Å². The van der Waals surface area contributed by atoms with Gasteiger partial charge in [-0.15, -0.1) is 0 Å². The molecule has 1 amide bonds. The van der Waals surface area contributed by atoms with E-state index in [0.717, 1.165) is 5.56 Å². The van der Waals surface area contributed by atoms with Gasteiger partial charge in [-0.25, -0.2) is 4.79 Å². The molecule has 108 valence electrons. The number of hydrogen-bond acceptors (Lipinski definition) is 4. The molecule has 6 nitrogen and oxygen atoms in total. The van der Waals surface area contributed by atoms with Crippen LogP contribution in [0.3, 0.4) is 0 Å². The molecule has 1 unspecified atom stereocenters. The summed E-state index contributed by atoms with van der Waals surface area (Å²) in [6.07, 6.45) is -0.867. The molecule has 3 N–H and O–H groups in total. The number of carbonyl (C=O) groups is 2. The van der Waals surface area contributed by atoms with Crippen molar-refractivity contribution in [1.29, 1.82) is 0 Å². The maximum Gasteiger partial charge on any atom is 0.332 e. The van der Waals surface area contributed by atoms with Gasteiger partial charge >= 0.3 is 5.97 Å². The number of aliphatic hydroxyl groups excluding tert-OH is 1. The van der Waals surface area contributed by atoms with Crippen molar-refractivity contribution in [2.24, 2.45) is 0 Å². The molecule has 1 aliphatic rings. The Kier molecular flexibility index (Phi) is 4.57. The lowest BCUT2D eigenvalue weighted by atomic mass is 9.92. The number of benzene rings is 1. The predicted octanol–water partition coefficient (Wildman–Crippen LogP) is 0.504. The minimum atomic E-state index is -1.45. The Morgan fingerprint density at radius 1 is 1.40 bits per heavy atom. The van der Waals surface area contributed by atoms with E-state index in [4.69, 9.17) is 14.9 Å². The number of para-hydroxylation sites is 1. The number of ether oxygens (including phenoxy) is 1. The van der Waals surface area contributed by atoms with Crippen molar-refractivity contribution < 1.29 is 24.5 Å². The molecule has 20 heavy (non-hydrogen) atoms. The van der Waals surface area contributed by atoms with E-state index in [1.807, 2.05) is 24.3 Å². The number of fused-ring (bicyclic) bond motifs is 1. The summed E-state index contributed by atoms with van der Waals surface area (Å²) in [5, 5.41) is 20.3. The molecule has 0 saturated carbocycles. The molecular formula is C14H17NO5. The first-order valence-corrected chi connectivity index (χ1v) is 6.50. The summed E-state index contributed by atoms with van der Waals surface area (Å²) in [5.41, 5.74) is 0.843. The molecule has 1 heterocycles. The molecule has 0 fully saturated rings. The molecule has 1 aliphatic heterocycles. The summed E-state index contributed by atoms with van der Waals surface area (Å²) in [7, 11) is 0. The van der Waals surface area contributed by atoms with Crippen molar-refractivity contribution in [3.63, 3.8) is 0 Å². The van der Waals surface area contributed by atoms with E-state index in [1.54, 1.807) is 0 Å². The normalized spacial score (nSPS) is 18.6. The predicted molar refractivity (Wildman–Crippen MR) is 70.6 cm³/mol. The third-order valence-electron chi connectivity index (χ3n) is 3.28. The SMILES string of the molecule is O=C(NCC[C@H](O)C(=O)O)C1CCOc2ccccc21. The van der Waals surface area contributed by atoms with E-state index in [-0.39, 0.29) is 24.8 Å². The van der Waals surface area contributed by atoms with Gasteiger partial charge < -0.3 is 20.3 Å². The third-order valence-corrected chi connectivity index (χ3v) is 3.28. The van der Waals surface area contributed by atoms with Crippen LogP contribution in [0.4, 0.5) is 0 Å². The number of amides is 1. The van der Waals surface area contributed by atoms with Gasteiger partial charge in [0, 0.05) is 18.5 Å². The summed E-state index contributed by atoms with van der Waals surface area (Å²) >= 11 is 0. The Morgan fingerprint density at radius 2 is 2.15 bits per heavy atom. The van der Waals surface area contributed by atoms with Crippen LogP contribution in [-0.2, 0) is 9.59 Å². The Balaban J connectivity index is 1.92. The number of nitrogens with one attached hydrogen (secondary N) is 1. The van der Waals surface area contributed by atoms with E-state index in [0.29, 0.717) is 18.8 Å². The second-order valence-electron chi connectivity index (χ2n) is 4.66. The number of hydrogen-bond donors (Lipinski definition) is 3. The second-order valence-corrected chi connectivity index (χ2v) is 4.66. The summed E-state index contributed by atoms with van der Waals surface area (Å²) in [5.74, 6) is -1.03. The second kappa shape index (κ2) is 6.38. The highest BCUT2D eigenvalue weighted by Crippen LogP contribution is 2.33. The van der Waals surface area contributed by atoms with E-state index in [9.17, 15) is 9.59 Å². The van der Waals surface area contributed by atoms with Crippen LogP contribution in [0.2, 0.25) is 0 Å². The zero-order valence-electron chi connectivity index (χ0n) is 10.9. The first-order valence-electron chi connectivity index (χ1n) is 6.50. The molecule has 0 radical (unpaired) electrons. The molecule has 0 aromatic heterocycles. The summed E-state index contributed by atoms with van der Waals surface area (Å²) < 4.78 is 5.48. The molecule has 2 rings (SSSR count). The van der Waals surface area contributed by atoms with Crippen molar-refractivity contribution in [3.8, 4) is 5.75 Å². The van der Waals surface area contributed by atoms with Gasteiger partial charge in [0.25, 0.3) is 0 Å². The van der Waals surface area contributed by atoms with Crippen LogP contribution in [0.1, 0.15) is 24.3 Å². The smallest absolute Gasteiger partial charge is 0.332 e. The fourth-order valence-corrected chi connectivity index (χ4v) is 2.19. The van der Waals surface area contributed by atoms with Gasteiger partial charge in [0.05, 0.1) is 12.5 Å². The van der Waals surface area contributed by atoms with Crippen LogP contribution in [0.5, 0.6) is 5.75 Å². The minimum absolute atomic E-state index is 0.00800. The van der Waals surface area contributed by atoms with Crippen LogP contribution in [-0.4, -0.2) is 41.3 Å². The maximum atomic E-state index is 12.1. The Morgan fingerprint density at radius 3 is 2.90 bits per heavy atom. The van der Waals surface area contributed by atoms with Crippen molar-refractivity contribution in [3.05, 3.63) is 29.8 Å². The molecule has 1 aromatic rings. The molecule has 0 aliphatic carbocycles. The van der Waals surface area contributed by atoms with Gasteiger partial charge in [0.1, 0.15) is 5.75 Å². The lowest BCUT2D eigenvalue weighted by Gasteiger charge is -2.25. The molecule has 6 heteroatoms. The van der Waals surface area contributed by atoms with Crippen LogP contribution in [0, 0.1) is 0 Å². The summed E-state index contributed by atoms with van der Waals surface area (Å²) in [4.78, 5) is 22.6. The molecular weight excluding hydrogens is 262 g/mol. The number of carbonyl (C=O) groups excluding carboxylic acids is 1. The van der Waals surface area contributed by atoms with E-state index in [2.05, 4.69) is 5.32 Å². The van der Waals surface area contributed by atoms with Crippen molar-refractivity contribution in [2.75, 3.05) is 13.2 Å². The van der Waals surface area contributed by atoms with Gasteiger partial charge in [-0.3, -0.25) is 4.79 Å². The highest BCUT2D eigenvalue weighted by molar-refractivity contribution is 5.84.